The predicted molar refractivity (Wildman–Crippen MR) is 64.7 cm³/mol. The van der Waals surface area contributed by atoms with E-state index in [-0.39, 0.29) is 11.8 Å². The number of carbonyl (C=O) groups is 1. The Morgan fingerprint density at radius 2 is 2.44 bits per heavy atom. The second-order valence-corrected chi connectivity index (χ2v) is 4.07. The summed E-state index contributed by atoms with van der Waals surface area (Å²) in [6, 6.07) is -0.585. The molecular formula is C10H13ClN4O3. The van der Waals surface area contributed by atoms with E-state index in [9.17, 15) is 4.79 Å². The van der Waals surface area contributed by atoms with Crippen molar-refractivity contribution in [2.24, 2.45) is 5.73 Å². The maximum Gasteiger partial charge on any atom is 0.242 e. The number of nitrogens with two attached hydrogens (primary N) is 1. The second-order valence-electron chi connectivity index (χ2n) is 3.71. The van der Waals surface area contributed by atoms with Crippen LogP contribution >= 0.6 is 11.6 Å². The minimum absolute atomic E-state index is 0.192. The molecule has 1 fully saturated rings. The molecule has 2 rings (SSSR count). The Kier molecular flexibility index (Phi) is 3.83. The van der Waals surface area contributed by atoms with Gasteiger partial charge < -0.3 is 20.1 Å². The van der Waals surface area contributed by atoms with E-state index in [2.05, 4.69) is 9.97 Å². The van der Waals surface area contributed by atoms with Gasteiger partial charge in [0, 0.05) is 6.54 Å². The van der Waals surface area contributed by atoms with Gasteiger partial charge in [0.1, 0.15) is 12.4 Å². The number of hydrogen-bond donors (Lipinski definition) is 1. The Hall–Kier alpha value is -1.60. The van der Waals surface area contributed by atoms with Crippen molar-refractivity contribution in [3.05, 3.63) is 11.5 Å². The number of anilines is 1. The Balaban J connectivity index is 2.39. The largest absolute Gasteiger partial charge is 0.490 e. The standard InChI is InChI=1S/C10H13ClN4O3/c1-17-7-8(11)13-5-14-10(7)15-2-3-18-4-6(15)9(12)16/h5-6H,2-4H2,1H3,(H2,12,16). The zero-order valence-corrected chi connectivity index (χ0v) is 10.6. The lowest BCUT2D eigenvalue weighted by molar-refractivity contribution is -0.121. The Morgan fingerprint density at radius 1 is 1.67 bits per heavy atom. The number of aromatic nitrogens is 2. The molecule has 0 radical (unpaired) electrons. The van der Waals surface area contributed by atoms with Crippen LogP contribution in [-0.4, -0.2) is 48.8 Å². The molecule has 1 unspecified atom stereocenters. The van der Waals surface area contributed by atoms with Gasteiger partial charge in [0.05, 0.1) is 20.3 Å². The van der Waals surface area contributed by atoms with Gasteiger partial charge in [0.2, 0.25) is 5.91 Å². The molecule has 2 heterocycles. The van der Waals surface area contributed by atoms with E-state index >= 15 is 0 Å². The third-order valence-electron chi connectivity index (χ3n) is 2.67. The van der Waals surface area contributed by atoms with E-state index < -0.39 is 11.9 Å². The Labute approximate surface area is 109 Å². The van der Waals surface area contributed by atoms with Crippen molar-refractivity contribution >= 4 is 23.3 Å². The Morgan fingerprint density at radius 3 is 3.11 bits per heavy atom. The molecule has 1 aliphatic rings. The lowest BCUT2D eigenvalue weighted by Crippen LogP contribution is -2.53. The highest BCUT2D eigenvalue weighted by Crippen LogP contribution is 2.33. The van der Waals surface area contributed by atoms with Crippen LogP contribution in [0.25, 0.3) is 0 Å². The van der Waals surface area contributed by atoms with Gasteiger partial charge in [-0.25, -0.2) is 9.97 Å². The van der Waals surface area contributed by atoms with Crippen molar-refractivity contribution in [1.29, 1.82) is 0 Å². The number of carbonyl (C=O) groups excluding carboxylic acids is 1. The first-order chi connectivity index (χ1) is 8.65. The topological polar surface area (TPSA) is 90.6 Å². The number of ether oxygens (including phenoxy) is 2. The molecule has 1 atom stereocenters. The summed E-state index contributed by atoms with van der Waals surface area (Å²) in [5, 5.41) is 0.192. The summed E-state index contributed by atoms with van der Waals surface area (Å²) in [5.74, 6) is 0.295. The summed E-state index contributed by atoms with van der Waals surface area (Å²) in [7, 11) is 1.47. The molecule has 8 heteroatoms. The van der Waals surface area contributed by atoms with Crippen LogP contribution in [0.4, 0.5) is 5.82 Å². The lowest BCUT2D eigenvalue weighted by atomic mass is 10.2. The first-order valence-electron chi connectivity index (χ1n) is 5.33. The first-order valence-corrected chi connectivity index (χ1v) is 5.71. The van der Waals surface area contributed by atoms with E-state index in [1.807, 2.05) is 0 Å². The monoisotopic (exact) mass is 272 g/mol. The molecule has 98 valence electrons. The van der Waals surface area contributed by atoms with Gasteiger partial charge in [0.15, 0.2) is 16.7 Å². The average molecular weight is 273 g/mol. The van der Waals surface area contributed by atoms with Gasteiger partial charge in [-0.05, 0) is 0 Å². The van der Waals surface area contributed by atoms with Crippen molar-refractivity contribution in [3.8, 4) is 5.75 Å². The zero-order valence-electron chi connectivity index (χ0n) is 9.80. The van der Waals surface area contributed by atoms with Crippen LogP contribution in [0.5, 0.6) is 5.75 Å². The molecular weight excluding hydrogens is 260 g/mol. The smallest absolute Gasteiger partial charge is 0.242 e. The maximum absolute atomic E-state index is 11.4. The second kappa shape index (κ2) is 5.36. The van der Waals surface area contributed by atoms with Crippen LogP contribution in [0.15, 0.2) is 6.33 Å². The number of methoxy groups -OCH3 is 1. The molecule has 2 N–H and O–H groups in total. The van der Waals surface area contributed by atoms with E-state index in [0.717, 1.165) is 0 Å². The van der Waals surface area contributed by atoms with Crippen molar-refractivity contribution in [3.63, 3.8) is 0 Å². The van der Waals surface area contributed by atoms with Crippen molar-refractivity contribution in [2.45, 2.75) is 6.04 Å². The van der Waals surface area contributed by atoms with Crippen molar-refractivity contribution in [2.75, 3.05) is 31.8 Å². The number of halogens is 1. The summed E-state index contributed by atoms with van der Waals surface area (Å²) in [6.07, 6.45) is 1.31. The average Bonchev–Trinajstić information content (AvgIpc) is 2.38. The predicted octanol–water partition coefficient (Wildman–Crippen LogP) is -0.171. The number of rotatable bonds is 3. The molecule has 0 aliphatic carbocycles. The molecule has 1 aromatic rings. The minimum atomic E-state index is -0.585. The molecule has 7 nitrogen and oxygen atoms in total. The van der Waals surface area contributed by atoms with Crippen molar-refractivity contribution in [1.82, 2.24) is 9.97 Å². The van der Waals surface area contributed by atoms with Gasteiger partial charge >= 0.3 is 0 Å². The van der Waals surface area contributed by atoms with Crippen molar-refractivity contribution < 1.29 is 14.3 Å². The summed E-state index contributed by atoms with van der Waals surface area (Å²) >= 11 is 5.93. The molecule has 1 saturated heterocycles. The summed E-state index contributed by atoms with van der Waals surface area (Å²) in [5.41, 5.74) is 5.35. The van der Waals surface area contributed by atoms with Crippen LogP contribution in [-0.2, 0) is 9.53 Å². The fraction of sp³-hybridized carbons (Fsp3) is 0.500. The highest BCUT2D eigenvalue weighted by atomic mass is 35.5. The first kappa shape index (κ1) is 12.8. The van der Waals surface area contributed by atoms with Gasteiger partial charge in [-0.15, -0.1) is 0 Å². The number of hydrogen-bond acceptors (Lipinski definition) is 6. The third-order valence-corrected chi connectivity index (χ3v) is 2.94. The number of nitrogens with zero attached hydrogens (tertiary/aromatic N) is 3. The van der Waals surface area contributed by atoms with Gasteiger partial charge in [-0.2, -0.15) is 0 Å². The zero-order chi connectivity index (χ0) is 13.1. The summed E-state index contributed by atoms with van der Waals surface area (Å²) < 4.78 is 10.4. The molecule has 18 heavy (non-hydrogen) atoms. The highest BCUT2D eigenvalue weighted by Gasteiger charge is 2.31. The molecule has 1 amide bonds. The SMILES string of the molecule is COc1c(Cl)ncnc1N1CCOCC1C(N)=O. The molecule has 1 aliphatic heterocycles. The van der Waals surface area contributed by atoms with Crippen LogP contribution in [0, 0.1) is 0 Å². The molecule has 0 saturated carbocycles. The minimum Gasteiger partial charge on any atom is -0.490 e. The van der Waals surface area contributed by atoms with E-state index in [4.69, 9.17) is 26.8 Å². The summed E-state index contributed by atoms with van der Waals surface area (Å²) in [6.45, 7) is 1.19. The van der Waals surface area contributed by atoms with Crippen LogP contribution in [0.3, 0.4) is 0 Å². The fourth-order valence-corrected chi connectivity index (χ4v) is 2.02. The molecule has 0 aromatic carbocycles. The number of amides is 1. The maximum atomic E-state index is 11.4. The van der Waals surface area contributed by atoms with Gasteiger partial charge in [0.25, 0.3) is 0 Å². The lowest BCUT2D eigenvalue weighted by Gasteiger charge is -2.34. The van der Waals surface area contributed by atoms with Crippen LogP contribution in [0.1, 0.15) is 0 Å². The molecule has 0 bridgehead atoms. The van der Waals surface area contributed by atoms with Crippen LogP contribution in [0.2, 0.25) is 5.15 Å². The van der Waals surface area contributed by atoms with E-state index in [0.29, 0.717) is 24.7 Å². The van der Waals surface area contributed by atoms with Gasteiger partial charge in [-0.3, -0.25) is 4.79 Å². The number of morpholine rings is 1. The molecule has 1 aromatic heterocycles. The number of primary amides is 1. The molecule has 0 spiro atoms. The summed E-state index contributed by atoms with van der Waals surface area (Å²) in [4.78, 5) is 21.1. The quantitative estimate of drug-likeness (QED) is 0.768. The van der Waals surface area contributed by atoms with Crippen LogP contribution < -0.4 is 15.4 Å². The van der Waals surface area contributed by atoms with E-state index in [1.54, 1.807) is 4.90 Å². The normalized spacial score (nSPS) is 19.7. The Bertz CT molecular complexity index is 457. The third kappa shape index (κ3) is 2.32. The van der Waals surface area contributed by atoms with E-state index in [1.165, 1.54) is 13.4 Å². The highest BCUT2D eigenvalue weighted by molar-refractivity contribution is 6.31. The fourth-order valence-electron chi connectivity index (χ4n) is 1.82. The van der Waals surface area contributed by atoms with Gasteiger partial charge in [-0.1, -0.05) is 11.6 Å².